The minimum atomic E-state index is -1.22. The van der Waals surface area contributed by atoms with Crippen molar-refractivity contribution < 1.29 is 48.3 Å². The summed E-state index contributed by atoms with van der Waals surface area (Å²) in [6, 6.07) is 15.5. The summed E-state index contributed by atoms with van der Waals surface area (Å²) >= 11 is 0. The molecule has 40 heavy (non-hydrogen) atoms. The number of rotatable bonds is 20. The van der Waals surface area contributed by atoms with Gasteiger partial charge in [-0.25, -0.2) is 9.59 Å². The van der Waals surface area contributed by atoms with E-state index in [9.17, 15) is 14.4 Å². The first kappa shape index (κ1) is 31.2. The van der Waals surface area contributed by atoms with Gasteiger partial charge >= 0.3 is 17.9 Å². The van der Waals surface area contributed by atoms with Crippen molar-refractivity contribution in [2.24, 2.45) is 5.73 Å². The summed E-state index contributed by atoms with van der Waals surface area (Å²) in [5.74, 6) is -2.90. The summed E-state index contributed by atoms with van der Waals surface area (Å²) in [7, 11) is 0. The minimum absolute atomic E-state index is 0.0135. The number of nitrogens with two attached hydrogens (primary N) is 1. The summed E-state index contributed by atoms with van der Waals surface area (Å²) in [5, 5.41) is 17.6. The van der Waals surface area contributed by atoms with E-state index in [2.05, 4.69) is 24.3 Å². The number of hydrogen-bond acceptors (Lipinski definition) is 9. The summed E-state index contributed by atoms with van der Waals surface area (Å²) in [5.41, 5.74) is 10.6. The zero-order valence-electron chi connectivity index (χ0n) is 22.4. The number of hydrogen-bond donors (Lipinski definition) is 3. The molecule has 0 amide bonds. The van der Waals surface area contributed by atoms with Gasteiger partial charge in [-0.15, -0.1) is 0 Å². The van der Waals surface area contributed by atoms with Gasteiger partial charge in [0.25, 0.3) is 0 Å². The van der Waals surface area contributed by atoms with Crippen molar-refractivity contribution in [2.45, 2.75) is 37.3 Å². The van der Waals surface area contributed by atoms with Gasteiger partial charge in [0.1, 0.15) is 19.3 Å². The van der Waals surface area contributed by atoms with Gasteiger partial charge < -0.3 is 39.6 Å². The van der Waals surface area contributed by atoms with E-state index in [1.807, 2.05) is 24.3 Å². The number of carbonyl (C=O) groups is 3. The van der Waals surface area contributed by atoms with E-state index in [1.165, 1.54) is 11.1 Å². The molecule has 11 nitrogen and oxygen atoms in total. The second kappa shape index (κ2) is 16.7. The van der Waals surface area contributed by atoms with Crippen molar-refractivity contribution in [2.75, 3.05) is 52.9 Å². The molecule has 2 atom stereocenters. The molecule has 0 aromatic heterocycles. The lowest BCUT2D eigenvalue weighted by molar-refractivity contribution is -0.157. The van der Waals surface area contributed by atoms with Crippen molar-refractivity contribution in [1.29, 1.82) is 0 Å². The van der Waals surface area contributed by atoms with Crippen LogP contribution in [-0.4, -0.2) is 93.1 Å². The molecule has 2 unspecified atom stereocenters. The van der Waals surface area contributed by atoms with Crippen LogP contribution >= 0.6 is 0 Å². The second-order valence-corrected chi connectivity index (χ2v) is 9.26. The molecule has 0 spiro atoms. The first-order valence-corrected chi connectivity index (χ1v) is 13.3. The number of ether oxygens (including phenoxy) is 5. The molecule has 2 aromatic carbocycles. The lowest BCUT2D eigenvalue weighted by Gasteiger charge is -2.16. The molecular formula is C29H37NO10. The molecule has 0 heterocycles. The van der Waals surface area contributed by atoms with E-state index in [0.717, 1.165) is 11.1 Å². The van der Waals surface area contributed by atoms with Gasteiger partial charge in [0.15, 0.2) is 6.10 Å². The van der Waals surface area contributed by atoms with E-state index < -0.39 is 36.7 Å². The maximum absolute atomic E-state index is 12.5. The predicted octanol–water partition coefficient (Wildman–Crippen LogP) is 2.44. The molecule has 2 aromatic rings. The van der Waals surface area contributed by atoms with Gasteiger partial charge in [0, 0.05) is 19.1 Å². The van der Waals surface area contributed by atoms with E-state index >= 15 is 0 Å². The van der Waals surface area contributed by atoms with Crippen LogP contribution in [0.1, 0.15) is 36.3 Å². The molecule has 0 aliphatic heterocycles. The number of carboxylic acids is 2. The van der Waals surface area contributed by atoms with Crippen molar-refractivity contribution in [1.82, 2.24) is 0 Å². The Kier molecular flexibility index (Phi) is 13.0. The van der Waals surface area contributed by atoms with Crippen molar-refractivity contribution >= 4 is 17.9 Å². The van der Waals surface area contributed by atoms with Crippen molar-refractivity contribution in [3.63, 3.8) is 0 Å². The Balaban J connectivity index is 1.19. The Morgan fingerprint density at radius 3 is 1.90 bits per heavy atom. The number of carboxylic acid groups (broad SMARTS) is 2. The third kappa shape index (κ3) is 9.68. The Bertz CT molecular complexity index is 1060. The Hall–Kier alpha value is -3.35. The van der Waals surface area contributed by atoms with Gasteiger partial charge in [0.05, 0.1) is 26.4 Å². The average Bonchev–Trinajstić information content (AvgIpc) is 3.27. The standard InChI is InChI=1S/C29H37NO10/c30-25(29(35)40-18-24-22-8-3-1-6-20(22)21-7-2-4-9-23(21)24)11-13-37-15-17-38-16-14-36-12-5-10-26(28(33)34)39-19-27(31)32/h1-4,6-9,24-26H,5,10-19,30H2,(H,31,32)(H,33,34). The highest BCUT2D eigenvalue weighted by Gasteiger charge is 2.29. The van der Waals surface area contributed by atoms with Crippen LogP contribution < -0.4 is 5.73 Å². The number of carbonyl (C=O) groups excluding carboxylic acids is 1. The van der Waals surface area contributed by atoms with Crippen LogP contribution in [0, 0.1) is 0 Å². The summed E-state index contributed by atoms with van der Waals surface area (Å²) < 4.78 is 26.7. The maximum atomic E-state index is 12.5. The number of benzene rings is 2. The lowest BCUT2D eigenvalue weighted by atomic mass is 9.98. The fourth-order valence-electron chi connectivity index (χ4n) is 4.40. The maximum Gasteiger partial charge on any atom is 0.332 e. The van der Waals surface area contributed by atoms with E-state index in [-0.39, 0.29) is 18.9 Å². The third-order valence-corrected chi connectivity index (χ3v) is 6.41. The van der Waals surface area contributed by atoms with Crippen LogP contribution in [-0.2, 0) is 38.1 Å². The molecule has 0 saturated carbocycles. The summed E-state index contributed by atoms with van der Waals surface area (Å²) in [6.07, 6.45) is -0.294. The van der Waals surface area contributed by atoms with E-state index in [4.69, 9.17) is 39.6 Å². The molecule has 218 valence electrons. The molecule has 0 radical (unpaired) electrons. The highest BCUT2D eigenvalue weighted by Crippen LogP contribution is 2.44. The van der Waals surface area contributed by atoms with Gasteiger partial charge in [0.2, 0.25) is 0 Å². The number of fused-ring (bicyclic) bond motifs is 3. The van der Waals surface area contributed by atoms with Gasteiger partial charge in [-0.3, -0.25) is 4.79 Å². The molecule has 1 aliphatic carbocycles. The predicted molar refractivity (Wildman–Crippen MR) is 144 cm³/mol. The molecular weight excluding hydrogens is 522 g/mol. The smallest absolute Gasteiger partial charge is 0.332 e. The third-order valence-electron chi connectivity index (χ3n) is 6.41. The normalized spacial score (nSPS) is 13.8. The molecule has 1 aliphatic rings. The fourth-order valence-corrected chi connectivity index (χ4v) is 4.40. The molecule has 3 rings (SSSR count). The average molecular weight is 560 g/mol. The zero-order chi connectivity index (χ0) is 28.7. The highest BCUT2D eigenvalue weighted by molar-refractivity contribution is 5.79. The number of aliphatic carboxylic acids is 2. The van der Waals surface area contributed by atoms with Crippen LogP contribution in [0.25, 0.3) is 11.1 Å². The first-order chi connectivity index (χ1) is 19.4. The summed E-state index contributed by atoms with van der Waals surface area (Å²) in [4.78, 5) is 34.0. The Morgan fingerprint density at radius 1 is 0.775 bits per heavy atom. The first-order valence-electron chi connectivity index (χ1n) is 13.3. The Labute approximate surface area is 233 Å². The largest absolute Gasteiger partial charge is 0.480 e. The topological polar surface area (TPSA) is 164 Å². The quantitative estimate of drug-likeness (QED) is 0.161. The Morgan fingerprint density at radius 2 is 1.32 bits per heavy atom. The van der Waals surface area contributed by atoms with Gasteiger partial charge in [-0.2, -0.15) is 0 Å². The van der Waals surface area contributed by atoms with E-state index in [0.29, 0.717) is 52.5 Å². The molecule has 0 bridgehead atoms. The zero-order valence-corrected chi connectivity index (χ0v) is 22.4. The van der Waals surface area contributed by atoms with Crippen LogP contribution in [0.4, 0.5) is 0 Å². The summed E-state index contributed by atoms with van der Waals surface area (Å²) in [6.45, 7) is 1.49. The number of esters is 1. The van der Waals surface area contributed by atoms with Crippen molar-refractivity contribution in [3.8, 4) is 11.1 Å². The monoisotopic (exact) mass is 559 g/mol. The van der Waals surface area contributed by atoms with Crippen LogP contribution in [0.5, 0.6) is 0 Å². The highest BCUT2D eigenvalue weighted by atomic mass is 16.5. The van der Waals surface area contributed by atoms with Crippen LogP contribution in [0.3, 0.4) is 0 Å². The minimum Gasteiger partial charge on any atom is -0.480 e. The second-order valence-electron chi connectivity index (χ2n) is 9.26. The molecule has 0 fully saturated rings. The van der Waals surface area contributed by atoms with Crippen LogP contribution in [0.15, 0.2) is 48.5 Å². The van der Waals surface area contributed by atoms with Gasteiger partial charge in [-0.05, 0) is 41.5 Å². The van der Waals surface area contributed by atoms with Crippen LogP contribution in [0.2, 0.25) is 0 Å². The molecule has 0 saturated heterocycles. The van der Waals surface area contributed by atoms with Crippen molar-refractivity contribution in [3.05, 3.63) is 59.7 Å². The fraction of sp³-hybridized carbons (Fsp3) is 0.483. The molecule has 11 heteroatoms. The van der Waals surface area contributed by atoms with Gasteiger partial charge in [-0.1, -0.05) is 48.5 Å². The lowest BCUT2D eigenvalue weighted by Crippen LogP contribution is -2.34. The van der Waals surface area contributed by atoms with E-state index in [1.54, 1.807) is 0 Å². The SMILES string of the molecule is NC(CCOCCOCCOCCCC(OCC(=O)O)C(=O)O)C(=O)OCC1c2ccccc2-c2ccccc21. The molecule has 4 N–H and O–H groups in total.